The number of hydrogen-bond acceptors (Lipinski definition) is 4. The van der Waals surface area contributed by atoms with Crippen molar-refractivity contribution in [3.8, 4) is 5.75 Å². The SMILES string of the molecule is CNc1ccc([C@H]2CCC[C@@H](COc3ccc(C(F)(F)F)cc3)[C@@H]2C(=O)OCc2ccccc2)cc1. The number of ether oxygens (including phenoxy) is 2. The van der Waals surface area contributed by atoms with Gasteiger partial charge in [-0.3, -0.25) is 4.79 Å². The highest BCUT2D eigenvalue weighted by molar-refractivity contribution is 5.74. The molecule has 36 heavy (non-hydrogen) atoms. The fourth-order valence-corrected chi connectivity index (χ4v) is 4.87. The van der Waals surface area contributed by atoms with Crippen LogP contribution in [0.5, 0.6) is 5.75 Å². The van der Waals surface area contributed by atoms with E-state index in [1.165, 1.54) is 12.1 Å². The summed E-state index contributed by atoms with van der Waals surface area (Å²) >= 11 is 0. The Balaban J connectivity index is 1.51. The van der Waals surface area contributed by atoms with Gasteiger partial charge in [0.2, 0.25) is 0 Å². The lowest BCUT2D eigenvalue weighted by Gasteiger charge is -2.37. The predicted octanol–water partition coefficient (Wildman–Crippen LogP) is 7.07. The second kappa shape index (κ2) is 11.5. The van der Waals surface area contributed by atoms with Gasteiger partial charge in [-0.1, -0.05) is 48.9 Å². The lowest BCUT2D eigenvalue weighted by atomic mass is 9.69. The van der Waals surface area contributed by atoms with Gasteiger partial charge < -0.3 is 14.8 Å². The number of hydrogen-bond donors (Lipinski definition) is 1. The highest BCUT2D eigenvalue weighted by Crippen LogP contribution is 2.43. The molecule has 0 radical (unpaired) electrons. The normalized spacial score (nSPS) is 19.9. The van der Waals surface area contributed by atoms with E-state index in [9.17, 15) is 18.0 Å². The fraction of sp³-hybridized carbons (Fsp3) is 0.345. The third-order valence-electron chi connectivity index (χ3n) is 6.80. The summed E-state index contributed by atoms with van der Waals surface area (Å²) in [6.45, 7) is 0.412. The first-order valence-corrected chi connectivity index (χ1v) is 12.1. The zero-order valence-electron chi connectivity index (χ0n) is 20.1. The second-order valence-corrected chi connectivity index (χ2v) is 9.12. The molecule has 1 N–H and O–H groups in total. The molecule has 0 aliphatic heterocycles. The molecule has 3 aromatic carbocycles. The molecule has 0 aromatic heterocycles. The minimum Gasteiger partial charge on any atom is -0.493 e. The Morgan fingerprint density at radius 3 is 2.28 bits per heavy atom. The molecule has 3 aromatic rings. The Bertz CT molecular complexity index is 1120. The van der Waals surface area contributed by atoms with Gasteiger partial charge in [-0.05, 0) is 66.3 Å². The van der Waals surface area contributed by atoms with Crippen LogP contribution in [0.15, 0.2) is 78.9 Å². The average molecular weight is 498 g/mol. The first kappa shape index (κ1) is 25.6. The number of esters is 1. The number of nitrogens with one attached hydrogen (secondary N) is 1. The molecule has 1 aliphatic rings. The van der Waals surface area contributed by atoms with Crippen molar-refractivity contribution in [2.45, 2.75) is 38.0 Å². The van der Waals surface area contributed by atoms with Crippen molar-refractivity contribution in [3.63, 3.8) is 0 Å². The Labute approximate surface area is 209 Å². The van der Waals surface area contributed by atoms with Gasteiger partial charge in [0.05, 0.1) is 18.1 Å². The molecule has 1 aliphatic carbocycles. The van der Waals surface area contributed by atoms with Crippen molar-refractivity contribution in [2.75, 3.05) is 19.0 Å². The number of benzene rings is 3. The highest BCUT2D eigenvalue weighted by atomic mass is 19.4. The summed E-state index contributed by atoms with van der Waals surface area (Å²) in [5.74, 6) is -0.507. The minimum atomic E-state index is -4.40. The smallest absolute Gasteiger partial charge is 0.416 e. The van der Waals surface area contributed by atoms with Crippen molar-refractivity contribution >= 4 is 11.7 Å². The average Bonchev–Trinajstić information content (AvgIpc) is 2.90. The van der Waals surface area contributed by atoms with E-state index in [0.717, 1.165) is 48.2 Å². The maximum absolute atomic E-state index is 13.4. The van der Waals surface area contributed by atoms with Gasteiger partial charge in [0.1, 0.15) is 12.4 Å². The van der Waals surface area contributed by atoms with Crippen molar-refractivity contribution in [1.29, 1.82) is 0 Å². The van der Waals surface area contributed by atoms with Gasteiger partial charge in [0, 0.05) is 18.7 Å². The van der Waals surface area contributed by atoms with Gasteiger partial charge in [0.15, 0.2) is 0 Å². The van der Waals surface area contributed by atoms with E-state index in [4.69, 9.17) is 9.47 Å². The Morgan fingerprint density at radius 1 is 0.944 bits per heavy atom. The third kappa shape index (κ3) is 6.39. The molecule has 4 nitrogen and oxygen atoms in total. The van der Waals surface area contributed by atoms with Gasteiger partial charge >= 0.3 is 12.1 Å². The van der Waals surface area contributed by atoms with E-state index in [1.54, 1.807) is 0 Å². The molecule has 0 unspecified atom stereocenters. The highest BCUT2D eigenvalue weighted by Gasteiger charge is 2.40. The molecule has 0 heterocycles. The molecule has 0 saturated heterocycles. The van der Waals surface area contributed by atoms with E-state index in [2.05, 4.69) is 5.32 Å². The zero-order chi connectivity index (χ0) is 25.5. The lowest BCUT2D eigenvalue weighted by molar-refractivity contribution is -0.155. The summed E-state index contributed by atoms with van der Waals surface area (Å²) in [5.41, 5.74) is 2.24. The van der Waals surface area contributed by atoms with E-state index < -0.39 is 17.7 Å². The van der Waals surface area contributed by atoms with Crippen LogP contribution in [0.25, 0.3) is 0 Å². The summed E-state index contributed by atoms with van der Waals surface area (Å²) in [5, 5.41) is 3.11. The predicted molar refractivity (Wildman–Crippen MR) is 133 cm³/mol. The molecule has 0 spiro atoms. The van der Waals surface area contributed by atoms with Crippen molar-refractivity contribution < 1.29 is 27.4 Å². The Morgan fingerprint density at radius 2 is 1.64 bits per heavy atom. The van der Waals surface area contributed by atoms with Crippen LogP contribution in [0.3, 0.4) is 0 Å². The van der Waals surface area contributed by atoms with Gasteiger partial charge in [-0.15, -0.1) is 0 Å². The lowest BCUT2D eigenvalue weighted by Crippen LogP contribution is -2.37. The van der Waals surface area contributed by atoms with Crippen LogP contribution in [0.1, 0.15) is 41.9 Å². The number of anilines is 1. The standard InChI is InChI=1S/C29H30F3NO3/c1-33-24-14-10-21(11-15-24)26-9-5-8-22(19-35-25-16-12-23(13-17-25)29(30,31)32)27(26)28(34)36-18-20-6-3-2-4-7-20/h2-4,6-7,10-17,22,26-27,33H,5,8-9,18-19H2,1H3/t22-,26+,27-/m0/s1. The van der Waals surface area contributed by atoms with E-state index >= 15 is 0 Å². The molecule has 3 atom stereocenters. The summed E-state index contributed by atoms with van der Waals surface area (Å²) < 4.78 is 50.3. The van der Waals surface area contributed by atoms with Crippen LogP contribution in [-0.4, -0.2) is 19.6 Å². The molecule has 0 bridgehead atoms. The molecule has 1 fully saturated rings. The van der Waals surface area contributed by atoms with Crippen LogP contribution >= 0.6 is 0 Å². The van der Waals surface area contributed by atoms with Crippen LogP contribution in [-0.2, 0) is 22.3 Å². The van der Waals surface area contributed by atoms with E-state index in [1.807, 2.05) is 61.6 Å². The maximum Gasteiger partial charge on any atom is 0.416 e. The molecule has 1 saturated carbocycles. The van der Waals surface area contributed by atoms with Crippen LogP contribution in [0, 0.1) is 11.8 Å². The second-order valence-electron chi connectivity index (χ2n) is 9.12. The van der Waals surface area contributed by atoms with Gasteiger partial charge in [0.25, 0.3) is 0 Å². The van der Waals surface area contributed by atoms with Crippen LogP contribution in [0.2, 0.25) is 0 Å². The first-order chi connectivity index (χ1) is 17.3. The van der Waals surface area contributed by atoms with E-state index in [0.29, 0.717) is 5.75 Å². The monoisotopic (exact) mass is 497 g/mol. The number of halogens is 3. The summed E-state index contributed by atoms with van der Waals surface area (Å²) in [7, 11) is 1.86. The molecular formula is C29H30F3NO3. The summed E-state index contributed by atoms with van der Waals surface area (Å²) in [4.78, 5) is 13.4. The molecular weight excluding hydrogens is 467 g/mol. The first-order valence-electron chi connectivity index (χ1n) is 12.1. The zero-order valence-corrected chi connectivity index (χ0v) is 20.1. The minimum absolute atomic E-state index is 0.0332. The van der Waals surface area contributed by atoms with Gasteiger partial charge in [-0.25, -0.2) is 0 Å². The van der Waals surface area contributed by atoms with Crippen LogP contribution < -0.4 is 10.1 Å². The number of carbonyl (C=O) groups is 1. The number of carbonyl (C=O) groups excluding carboxylic acids is 1. The van der Waals surface area contributed by atoms with Crippen molar-refractivity contribution in [1.82, 2.24) is 0 Å². The molecule has 0 amide bonds. The molecule has 4 rings (SSSR count). The largest absolute Gasteiger partial charge is 0.493 e. The quantitative estimate of drug-likeness (QED) is 0.338. The number of rotatable bonds is 8. The van der Waals surface area contributed by atoms with Gasteiger partial charge in [-0.2, -0.15) is 13.2 Å². The summed E-state index contributed by atoms with van der Waals surface area (Å²) in [6.07, 6.45) is -1.86. The molecule has 7 heteroatoms. The topological polar surface area (TPSA) is 47.6 Å². The summed E-state index contributed by atoms with van der Waals surface area (Å²) in [6, 6.07) is 22.2. The Hall–Kier alpha value is -3.48. The fourth-order valence-electron chi connectivity index (χ4n) is 4.87. The van der Waals surface area contributed by atoms with Crippen LogP contribution in [0.4, 0.5) is 18.9 Å². The molecule has 190 valence electrons. The third-order valence-corrected chi connectivity index (χ3v) is 6.80. The Kier molecular flexibility index (Phi) is 8.18. The maximum atomic E-state index is 13.4. The van der Waals surface area contributed by atoms with E-state index in [-0.39, 0.29) is 31.0 Å². The number of alkyl halides is 3. The van der Waals surface area contributed by atoms with Crippen molar-refractivity contribution in [3.05, 3.63) is 95.6 Å². The van der Waals surface area contributed by atoms with Crippen molar-refractivity contribution in [2.24, 2.45) is 11.8 Å².